The second-order valence-corrected chi connectivity index (χ2v) is 4.37. The average Bonchev–Trinajstić information content (AvgIpc) is 2.46. The number of nitriles is 2. The number of hydrogen-bond acceptors (Lipinski definition) is 3. The van der Waals surface area contributed by atoms with E-state index in [9.17, 15) is 4.39 Å². The lowest BCUT2D eigenvalue weighted by atomic mass is 10.1. The summed E-state index contributed by atoms with van der Waals surface area (Å²) in [6.07, 6.45) is 0. The summed E-state index contributed by atoms with van der Waals surface area (Å²) in [6, 6.07) is 12.6. The van der Waals surface area contributed by atoms with Gasteiger partial charge < -0.3 is 4.74 Å². The standard InChI is InChI=1S/C15H8ClFN2O/c16-14-6-13(4-3-11(14)8-19)20-9-12-2-1-10(7-18)5-15(12)17/h1-6H,9H2. The van der Waals surface area contributed by atoms with E-state index in [2.05, 4.69) is 0 Å². The first-order chi connectivity index (χ1) is 9.63. The Morgan fingerprint density at radius 3 is 2.50 bits per heavy atom. The Bertz CT molecular complexity index is 732. The summed E-state index contributed by atoms with van der Waals surface area (Å²) in [7, 11) is 0. The highest BCUT2D eigenvalue weighted by Gasteiger charge is 2.06. The normalized spacial score (nSPS) is 9.60. The Morgan fingerprint density at radius 2 is 1.90 bits per heavy atom. The maximum atomic E-state index is 13.6. The van der Waals surface area contributed by atoms with Crippen LogP contribution in [0.25, 0.3) is 0 Å². The summed E-state index contributed by atoms with van der Waals surface area (Å²) in [4.78, 5) is 0. The summed E-state index contributed by atoms with van der Waals surface area (Å²) in [5, 5.41) is 17.7. The minimum Gasteiger partial charge on any atom is -0.489 e. The van der Waals surface area contributed by atoms with Crippen LogP contribution in [0.15, 0.2) is 36.4 Å². The highest BCUT2D eigenvalue weighted by atomic mass is 35.5. The van der Waals surface area contributed by atoms with Gasteiger partial charge in [0.2, 0.25) is 0 Å². The van der Waals surface area contributed by atoms with E-state index in [0.717, 1.165) is 6.07 Å². The molecule has 5 heteroatoms. The van der Waals surface area contributed by atoms with Gasteiger partial charge in [0.1, 0.15) is 24.2 Å². The fourth-order valence-corrected chi connectivity index (χ4v) is 1.78. The van der Waals surface area contributed by atoms with Gasteiger partial charge in [-0.2, -0.15) is 10.5 Å². The lowest BCUT2D eigenvalue weighted by Crippen LogP contribution is -1.99. The predicted molar refractivity (Wildman–Crippen MR) is 71.6 cm³/mol. The molecule has 2 aromatic rings. The molecule has 3 nitrogen and oxygen atoms in total. The number of halogens is 2. The quantitative estimate of drug-likeness (QED) is 0.862. The van der Waals surface area contributed by atoms with E-state index in [-0.39, 0.29) is 17.2 Å². The van der Waals surface area contributed by atoms with Crippen molar-refractivity contribution < 1.29 is 9.13 Å². The first kappa shape index (κ1) is 13.9. The molecule has 0 aliphatic carbocycles. The first-order valence-corrected chi connectivity index (χ1v) is 6.03. The van der Waals surface area contributed by atoms with E-state index in [4.69, 9.17) is 26.9 Å². The zero-order chi connectivity index (χ0) is 14.5. The molecule has 98 valence electrons. The molecule has 0 aliphatic rings. The molecule has 0 aliphatic heterocycles. The van der Waals surface area contributed by atoms with Crippen LogP contribution in [-0.2, 0) is 6.61 Å². The summed E-state index contributed by atoms with van der Waals surface area (Å²) in [5.74, 6) is -0.0541. The van der Waals surface area contributed by atoms with Crippen LogP contribution in [0.2, 0.25) is 5.02 Å². The second kappa shape index (κ2) is 6.06. The average molecular weight is 287 g/mol. The molecule has 0 atom stereocenters. The Hall–Kier alpha value is -2.56. The number of nitrogens with zero attached hydrogens (tertiary/aromatic N) is 2. The number of rotatable bonds is 3. The zero-order valence-electron chi connectivity index (χ0n) is 10.2. The maximum Gasteiger partial charge on any atom is 0.131 e. The molecule has 20 heavy (non-hydrogen) atoms. The Morgan fingerprint density at radius 1 is 1.10 bits per heavy atom. The molecule has 0 N–H and O–H groups in total. The van der Waals surface area contributed by atoms with E-state index in [1.165, 1.54) is 24.3 Å². The Balaban J connectivity index is 2.11. The molecule has 2 rings (SSSR count). The fourth-order valence-electron chi connectivity index (χ4n) is 1.57. The van der Waals surface area contributed by atoms with Crippen LogP contribution in [0.3, 0.4) is 0 Å². The predicted octanol–water partition coefficient (Wildman–Crippen LogP) is 3.80. The van der Waals surface area contributed by atoms with Gasteiger partial charge >= 0.3 is 0 Å². The number of ether oxygens (including phenoxy) is 1. The molecular formula is C15H8ClFN2O. The van der Waals surface area contributed by atoms with Crippen LogP contribution in [0.1, 0.15) is 16.7 Å². The molecule has 0 unspecified atom stereocenters. The van der Waals surface area contributed by atoms with Gasteiger partial charge in [-0.05, 0) is 24.3 Å². The Kier molecular flexibility index (Phi) is 4.20. The monoisotopic (exact) mass is 286 g/mol. The maximum absolute atomic E-state index is 13.6. The van der Waals surface area contributed by atoms with Gasteiger partial charge in [0.25, 0.3) is 0 Å². The molecule has 0 amide bonds. The van der Waals surface area contributed by atoms with Crippen LogP contribution in [0.5, 0.6) is 5.75 Å². The van der Waals surface area contributed by atoms with Crippen LogP contribution < -0.4 is 4.74 Å². The van der Waals surface area contributed by atoms with Crippen LogP contribution >= 0.6 is 11.6 Å². The molecule has 0 fully saturated rings. The topological polar surface area (TPSA) is 56.8 Å². The van der Waals surface area contributed by atoms with Crippen LogP contribution in [-0.4, -0.2) is 0 Å². The lowest BCUT2D eigenvalue weighted by molar-refractivity contribution is 0.300. The number of hydrogen-bond donors (Lipinski definition) is 0. The van der Waals surface area contributed by atoms with Crippen molar-refractivity contribution in [2.24, 2.45) is 0 Å². The zero-order valence-corrected chi connectivity index (χ0v) is 11.0. The summed E-state index contributed by atoms with van der Waals surface area (Å²) in [5.41, 5.74) is 0.945. The third kappa shape index (κ3) is 3.06. The van der Waals surface area contributed by atoms with Crippen molar-refractivity contribution in [3.05, 3.63) is 63.9 Å². The fraction of sp³-hybridized carbons (Fsp3) is 0.0667. The Labute approximate surface area is 120 Å². The van der Waals surface area contributed by atoms with E-state index in [1.54, 1.807) is 6.07 Å². The molecule has 0 bridgehead atoms. The van der Waals surface area contributed by atoms with E-state index in [1.807, 2.05) is 12.1 Å². The van der Waals surface area contributed by atoms with Crippen molar-refractivity contribution in [2.75, 3.05) is 0 Å². The molecule has 0 aromatic heterocycles. The van der Waals surface area contributed by atoms with E-state index in [0.29, 0.717) is 16.9 Å². The van der Waals surface area contributed by atoms with Crippen LogP contribution in [0, 0.1) is 28.5 Å². The van der Waals surface area contributed by atoms with Gasteiger partial charge in [0.05, 0.1) is 22.2 Å². The molecule has 0 spiro atoms. The van der Waals surface area contributed by atoms with Crippen LogP contribution in [0.4, 0.5) is 4.39 Å². The molecule has 0 heterocycles. The smallest absolute Gasteiger partial charge is 0.131 e. The second-order valence-electron chi connectivity index (χ2n) is 3.96. The van der Waals surface area contributed by atoms with E-state index < -0.39 is 5.82 Å². The van der Waals surface area contributed by atoms with Crippen molar-refractivity contribution in [3.8, 4) is 17.9 Å². The van der Waals surface area contributed by atoms with Crippen molar-refractivity contribution in [1.29, 1.82) is 10.5 Å². The van der Waals surface area contributed by atoms with Gasteiger partial charge in [-0.3, -0.25) is 0 Å². The largest absolute Gasteiger partial charge is 0.489 e. The van der Waals surface area contributed by atoms with Gasteiger partial charge in [-0.15, -0.1) is 0 Å². The van der Waals surface area contributed by atoms with Gasteiger partial charge in [-0.1, -0.05) is 17.7 Å². The highest BCUT2D eigenvalue weighted by Crippen LogP contribution is 2.23. The number of benzene rings is 2. The van der Waals surface area contributed by atoms with Gasteiger partial charge in [-0.25, -0.2) is 4.39 Å². The van der Waals surface area contributed by atoms with Gasteiger partial charge in [0, 0.05) is 11.6 Å². The van der Waals surface area contributed by atoms with Crippen molar-refractivity contribution in [1.82, 2.24) is 0 Å². The van der Waals surface area contributed by atoms with Crippen molar-refractivity contribution in [2.45, 2.75) is 6.61 Å². The summed E-state index contributed by atoms with van der Waals surface area (Å²) < 4.78 is 19.0. The molecule has 0 radical (unpaired) electrons. The first-order valence-electron chi connectivity index (χ1n) is 5.65. The SMILES string of the molecule is N#Cc1ccc(COc2ccc(C#N)c(Cl)c2)c(F)c1. The molecule has 0 saturated heterocycles. The third-order valence-corrected chi connectivity index (χ3v) is 2.95. The highest BCUT2D eigenvalue weighted by molar-refractivity contribution is 6.31. The lowest BCUT2D eigenvalue weighted by Gasteiger charge is -2.08. The molecule has 0 saturated carbocycles. The van der Waals surface area contributed by atoms with Crippen molar-refractivity contribution >= 4 is 11.6 Å². The van der Waals surface area contributed by atoms with Gasteiger partial charge in [0.15, 0.2) is 0 Å². The van der Waals surface area contributed by atoms with E-state index >= 15 is 0 Å². The minimum absolute atomic E-state index is 0.0137. The molecular weight excluding hydrogens is 279 g/mol. The molecule has 2 aromatic carbocycles. The summed E-state index contributed by atoms with van der Waals surface area (Å²) in [6.45, 7) is 0.0137. The summed E-state index contributed by atoms with van der Waals surface area (Å²) >= 11 is 5.87. The van der Waals surface area contributed by atoms with Crippen molar-refractivity contribution in [3.63, 3.8) is 0 Å². The minimum atomic E-state index is -0.496. The third-order valence-electron chi connectivity index (χ3n) is 2.64.